The van der Waals surface area contributed by atoms with E-state index in [0.717, 1.165) is 17.1 Å². The van der Waals surface area contributed by atoms with Crippen molar-refractivity contribution in [2.45, 2.75) is 34.6 Å². The molecule has 8 heteroatoms. The standard InChI is InChI=1S/C18H18Cl2N4O2/c1-9-10(2)24-17(21-9)14(16(23-24)18(3,4)5)22-11-6-12(19)15(26-8-25)13(20)7-11/h6-8H,1-5H3/b22-14-. The molecule has 0 atom stereocenters. The van der Waals surface area contributed by atoms with Crippen LogP contribution in [0.4, 0.5) is 5.69 Å². The number of aliphatic imine (C=N–C) groups is 1. The fourth-order valence-corrected chi connectivity index (χ4v) is 3.20. The lowest BCUT2D eigenvalue weighted by atomic mass is 9.87. The normalized spacial score (nSPS) is 15.2. The number of imidazole rings is 1. The van der Waals surface area contributed by atoms with Gasteiger partial charge in [-0.05, 0) is 26.0 Å². The molecule has 0 amide bonds. The lowest BCUT2D eigenvalue weighted by Gasteiger charge is -2.18. The second-order valence-electron chi connectivity index (χ2n) is 7.03. The maximum atomic E-state index is 10.6. The van der Waals surface area contributed by atoms with Crippen molar-refractivity contribution in [3.63, 3.8) is 0 Å². The van der Waals surface area contributed by atoms with Crippen molar-refractivity contribution in [1.82, 2.24) is 9.66 Å². The van der Waals surface area contributed by atoms with Crippen LogP contribution in [0.3, 0.4) is 0 Å². The molecule has 136 valence electrons. The molecule has 3 rings (SSSR count). The number of carbonyl (C=O) groups excluding carboxylic acids is 1. The number of nitrogens with zero attached hydrogens (tertiary/aromatic N) is 4. The predicted octanol–water partition coefficient (Wildman–Crippen LogP) is 4.73. The maximum Gasteiger partial charge on any atom is 0.298 e. The Morgan fingerprint density at radius 1 is 1.19 bits per heavy atom. The quantitative estimate of drug-likeness (QED) is 0.709. The van der Waals surface area contributed by atoms with Crippen LogP contribution in [-0.2, 0) is 4.79 Å². The van der Waals surface area contributed by atoms with Crippen molar-refractivity contribution in [3.8, 4) is 5.75 Å². The van der Waals surface area contributed by atoms with E-state index in [4.69, 9.17) is 38.0 Å². The minimum atomic E-state index is -0.228. The summed E-state index contributed by atoms with van der Waals surface area (Å²) in [7, 11) is 0. The predicted molar refractivity (Wildman–Crippen MR) is 103 cm³/mol. The number of fused-ring (bicyclic) bond motifs is 1. The summed E-state index contributed by atoms with van der Waals surface area (Å²) in [6, 6.07) is 3.18. The topological polar surface area (TPSA) is 68.8 Å². The fraction of sp³-hybridized carbons (Fsp3) is 0.333. The lowest BCUT2D eigenvalue weighted by Crippen LogP contribution is -2.27. The van der Waals surface area contributed by atoms with Crippen molar-refractivity contribution < 1.29 is 9.53 Å². The lowest BCUT2D eigenvalue weighted by molar-refractivity contribution is -0.120. The molecule has 0 fully saturated rings. The van der Waals surface area contributed by atoms with E-state index in [2.05, 4.69) is 25.8 Å². The molecule has 6 nitrogen and oxygen atoms in total. The highest BCUT2D eigenvalue weighted by atomic mass is 35.5. The largest absolute Gasteiger partial charge is 0.426 e. The first-order valence-corrected chi connectivity index (χ1v) is 8.73. The van der Waals surface area contributed by atoms with Gasteiger partial charge in [-0.2, -0.15) is 5.10 Å². The van der Waals surface area contributed by atoms with Gasteiger partial charge >= 0.3 is 0 Å². The maximum absolute atomic E-state index is 10.6. The van der Waals surface area contributed by atoms with Gasteiger partial charge in [-0.1, -0.05) is 44.0 Å². The fourth-order valence-electron chi connectivity index (χ4n) is 2.64. The van der Waals surface area contributed by atoms with Crippen LogP contribution in [-0.4, -0.2) is 27.6 Å². The van der Waals surface area contributed by atoms with Gasteiger partial charge in [-0.3, -0.25) is 4.79 Å². The number of benzene rings is 1. The van der Waals surface area contributed by atoms with Crippen LogP contribution < -0.4 is 4.74 Å². The van der Waals surface area contributed by atoms with Gasteiger partial charge in [0.1, 0.15) is 5.71 Å². The van der Waals surface area contributed by atoms with E-state index in [0.29, 0.717) is 17.2 Å². The third-order valence-electron chi connectivity index (χ3n) is 4.05. The van der Waals surface area contributed by atoms with E-state index in [1.807, 2.05) is 18.5 Å². The molecule has 0 radical (unpaired) electrons. The van der Waals surface area contributed by atoms with Crippen molar-refractivity contribution in [2.75, 3.05) is 0 Å². The first-order valence-electron chi connectivity index (χ1n) is 7.97. The number of carbonyl (C=O) groups is 1. The number of halogens is 2. The Hall–Kier alpha value is -2.18. The summed E-state index contributed by atoms with van der Waals surface area (Å²) in [4.78, 5) is 19.9. The molecule has 1 aromatic carbocycles. The highest BCUT2D eigenvalue weighted by Crippen LogP contribution is 2.37. The molecule has 0 saturated carbocycles. The molecule has 2 aromatic rings. The number of ether oxygens (including phenoxy) is 1. The summed E-state index contributed by atoms with van der Waals surface area (Å²) in [6.07, 6.45) is 0. The summed E-state index contributed by atoms with van der Waals surface area (Å²) in [6.45, 7) is 10.4. The first-order chi connectivity index (χ1) is 12.1. The van der Waals surface area contributed by atoms with Gasteiger partial charge in [0.2, 0.25) is 0 Å². The summed E-state index contributed by atoms with van der Waals surface area (Å²) in [5.41, 5.74) is 3.66. The number of hydrogen-bond donors (Lipinski definition) is 0. The molecule has 0 spiro atoms. The van der Waals surface area contributed by atoms with Crippen LogP contribution in [0.2, 0.25) is 10.0 Å². The van der Waals surface area contributed by atoms with Crippen LogP contribution in [0.15, 0.2) is 22.2 Å². The van der Waals surface area contributed by atoms with E-state index in [9.17, 15) is 4.79 Å². The Labute approximate surface area is 161 Å². The molecule has 0 N–H and O–H groups in total. The van der Waals surface area contributed by atoms with Gasteiger partial charge in [0.25, 0.3) is 6.47 Å². The van der Waals surface area contributed by atoms with Crippen molar-refractivity contribution in [3.05, 3.63) is 39.4 Å². The molecular formula is C18H18Cl2N4O2. The molecule has 26 heavy (non-hydrogen) atoms. The smallest absolute Gasteiger partial charge is 0.298 e. The third-order valence-corrected chi connectivity index (χ3v) is 4.61. The second kappa shape index (κ2) is 6.52. The molecule has 0 aliphatic carbocycles. The summed E-state index contributed by atoms with van der Waals surface area (Å²) < 4.78 is 6.62. The van der Waals surface area contributed by atoms with Crippen LogP contribution >= 0.6 is 23.2 Å². The van der Waals surface area contributed by atoms with E-state index in [-0.39, 0.29) is 27.7 Å². The molecule has 2 heterocycles. The van der Waals surface area contributed by atoms with Crippen LogP contribution in [0, 0.1) is 19.3 Å². The first kappa shape index (κ1) is 18.6. The van der Waals surface area contributed by atoms with E-state index in [1.54, 1.807) is 12.1 Å². The summed E-state index contributed by atoms with van der Waals surface area (Å²) >= 11 is 12.3. The van der Waals surface area contributed by atoms with Gasteiger partial charge < -0.3 is 4.74 Å². The van der Waals surface area contributed by atoms with Crippen LogP contribution in [0.1, 0.15) is 38.0 Å². The minimum absolute atomic E-state index is 0.108. The molecule has 1 aliphatic rings. The monoisotopic (exact) mass is 392 g/mol. The highest BCUT2D eigenvalue weighted by molar-refractivity contribution is 6.50. The Morgan fingerprint density at radius 3 is 2.35 bits per heavy atom. The molecule has 1 aliphatic heterocycles. The second-order valence-corrected chi connectivity index (χ2v) is 7.84. The molecule has 0 bridgehead atoms. The molecule has 1 aromatic heterocycles. The van der Waals surface area contributed by atoms with Gasteiger partial charge in [-0.25, -0.2) is 14.7 Å². The minimum Gasteiger partial charge on any atom is -0.426 e. The van der Waals surface area contributed by atoms with E-state index >= 15 is 0 Å². The van der Waals surface area contributed by atoms with Gasteiger partial charge in [0, 0.05) is 5.41 Å². The number of aryl methyl sites for hydroxylation is 1. The average Bonchev–Trinajstić information content (AvgIpc) is 3.01. The Morgan fingerprint density at radius 2 is 1.81 bits per heavy atom. The SMILES string of the molecule is Cc1nc2n(c1C)N=C(C(C)(C)C)/C2=N/c1cc(Cl)c(OC=O)c(Cl)c1. The molecular weight excluding hydrogens is 375 g/mol. The molecule has 0 unspecified atom stereocenters. The summed E-state index contributed by atoms with van der Waals surface area (Å²) in [5.74, 6) is 0.794. The van der Waals surface area contributed by atoms with Crippen molar-refractivity contribution in [2.24, 2.45) is 15.5 Å². The summed E-state index contributed by atoms with van der Waals surface area (Å²) in [5, 5.41) is 5.12. The third kappa shape index (κ3) is 3.15. The number of rotatable bonds is 3. The molecule has 0 saturated heterocycles. The zero-order valence-electron chi connectivity index (χ0n) is 15.1. The zero-order chi connectivity index (χ0) is 19.2. The van der Waals surface area contributed by atoms with Gasteiger partial charge in [-0.15, -0.1) is 0 Å². The van der Waals surface area contributed by atoms with E-state index in [1.165, 1.54) is 0 Å². The van der Waals surface area contributed by atoms with Crippen molar-refractivity contribution >= 4 is 46.8 Å². The Balaban J connectivity index is 2.17. The van der Waals surface area contributed by atoms with Crippen LogP contribution in [0.5, 0.6) is 5.75 Å². The highest BCUT2D eigenvalue weighted by Gasteiger charge is 2.34. The number of hydrogen-bond acceptors (Lipinski definition) is 5. The van der Waals surface area contributed by atoms with Crippen molar-refractivity contribution in [1.29, 1.82) is 0 Å². The van der Waals surface area contributed by atoms with Gasteiger partial charge in [0.05, 0.1) is 32.8 Å². The average molecular weight is 393 g/mol. The Kier molecular flexibility index (Phi) is 4.67. The number of aromatic nitrogens is 2. The zero-order valence-corrected chi connectivity index (χ0v) is 16.6. The van der Waals surface area contributed by atoms with E-state index < -0.39 is 0 Å². The van der Waals surface area contributed by atoms with Crippen LogP contribution in [0.25, 0.3) is 0 Å². The Bertz CT molecular complexity index is 945. The van der Waals surface area contributed by atoms with Gasteiger partial charge in [0.15, 0.2) is 11.6 Å².